The third kappa shape index (κ3) is 5.44. The van der Waals surface area contributed by atoms with Gasteiger partial charge in [0.15, 0.2) is 0 Å². The summed E-state index contributed by atoms with van der Waals surface area (Å²) in [6.45, 7) is 13.1. The molecule has 0 spiro atoms. The van der Waals surface area contributed by atoms with Gasteiger partial charge in [-0.1, -0.05) is 15.9 Å². The normalized spacial score (nSPS) is 23.4. The number of ether oxygens (including phenoxy) is 2. The van der Waals surface area contributed by atoms with Crippen molar-refractivity contribution in [3.63, 3.8) is 0 Å². The molecule has 0 radical (unpaired) electrons. The molecule has 160 valence electrons. The van der Waals surface area contributed by atoms with Gasteiger partial charge in [-0.05, 0) is 77.1 Å². The van der Waals surface area contributed by atoms with Gasteiger partial charge >= 0.3 is 6.09 Å². The van der Waals surface area contributed by atoms with Gasteiger partial charge in [-0.2, -0.15) is 0 Å². The Morgan fingerprint density at radius 2 is 1.79 bits per heavy atom. The molecule has 0 unspecified atom stereocenters. The summed E-state index contributed by atoms with van der Waals surface area (Å²) in [5.41, 5.74) is 0.0522. The molecule has 3 rings (SSSR count). The number of carbonyl (C=O) groups excluding carboxylic acids is 2. The van der Waals surface area contributed by atoms with Crippen LogP contribution >= 0.6 is 15.9 Å². The lowest BCUT2D eigenvalue weighted by Gasteiger charge is -2.28. The zero-order chi connectivity index (χ0) is 21.6. The first-order chi connectivity index (χ1) is 13.4. The largest absolute Gasteiger partial charge is 0.491 e. The molecular weight excluding hydrogens is 436 g/mol. The second-order valence-electron chi connectivity index (χ2n) is 9.81. The number of benzene rings is 1. The summed E-state index contributed by atoms with van der Waals surface area (Å²) in [6, 6.07) is 5.87. The fourth-order valence-electron chi connectivity index (χ4n) is 3.88. The van der Waals surface area contributed by atoms with Crippen LogP contribution in [-0.2, 0) is 9.53 Å². The van der Waals surface area contributed by atoms with Crippen LogP contribution in [0.4, 0.5) is 4.79 Å². The van der Waals surface area contributed by atoms with Gasteiger partial charge in [-0.15, -0.1) is 0 Å². The molecule has 1 heterocycles. The van der Waals surface area contributed by atoms with Gasteiger partial charge in [0, 0.05) is 23.5 Å². The van der Waals surface area contributed by atoms with Crippen LogP contribution in [-0.4, -0.2) is 47.7 Å². The monoisotopic (exact) mass is 466 g/mol. The second kappa shape index (κ2) is 7.82. The SMILES string of the molecule is Cc1cc(Br)ccc1OCC(C)(C)NC(=O)[C@H]1[C@@H]2CN(C(=O)OC(C)(C)C)C[C@@H]21. The van der Waals surface area contributed by atoms with Crippen LogP contribution in [0.5, 0.6) is 5.75 Å². The van der Waals surface area contributed by atoms with Crippen LogP contribution in [0.2, 0.25) is 0 Å². The van der Waals surface area contributed by atoms with E-state index in [1.165, 1.54) is 0 Å². The average Bonchev–Trinajstić information content (AvgIpc) is 3.06. The summed E-state index contributed by atoms with van der Waals surface area (Å²) in [5.74, 6) is 1.29. The summed E-state index contributed by atoms with van der Waals surface area (Å²) >= 11 is 3.45. The Labute approximate surface area is 181 Å². The minimum absolute atomic E-state index is 0.0256. The number of carbonyl (C=O) groups is 2. The molecule has 2 fully saturated rings. The average molecular weight is 467 g/mol. The van der Waals surface area contributed by atoms with Gasteiger partial charge in [0.1, 0.15) is 18.0 Å². The Morgan fingerprint density at radius 1 is 1.17 bits per heavy atom. The smallest absolute Gasteiger partial charge is 0.410 e. The van der Waals surface area contributed by atoms with Crippen molar-refractivity contribution >= 4 is 27.9 Å². The Bertz CT molecular complexity index is 790. The van der Waals surface area contributed by atoms with E-state index in [0.717, 1.165) is 15.8 Å². The van der Waals surface area contributed by atoms with Crippen molar-refractivity contribution in [3.8, 4) is 5.75 Å². The lowest BCUT2D eigenvalue weighted by atomic mass is 10.1. The number of halogens is 1. The van der Waals surface area contributed by atoms with Crippen molar-refractivity contribution < 1.29 is 19.1 Å². The van der Waals surface area contributed by atoms with E-state index in [-0.39, 0.29) is 29.8 Å². The van der Waals surface area contributed by atoms with E-state index in [2.05, 4.69) is 21.2 Å². The summed E-state index contributed by atoms with van der Waals surface area (Å²) in [7, 11) is 0. The van der Waals surface area contributed by atoms with Gasteiger partial charge in [0.2, 0.25) is 5.91 Å². The molecule has 1 N–H and O–H groups in total. The van der Waals surface area contributed by atoms with E-state index in [4.69, 9.17) is 9.47 Å². The van der Waals surface area contributed by atoms with Crippen LogP contribution in [0.15, 0.2) is 22.7 Å². The van der Waals surface area contributed by atoms with E-state index >= 15 is 0 Å². The van der Waals surface area contributed by atoms with Gasteiger partial charge < -0.3 is 19.7 Å². The minimum Gasteiger partial charge on any atom is -0.491 e. The van der Waals surface area contributed by atoms with Crippen LogP contribution in [0.3, 0.4) is 0 Å². The lowest BCUT2D eigenvalue weighted by molar-refractivity contribution is -0.125. The van der Waals surface area contributed by atoms with E-state index < -0.39 is 11.1 Å². The van der Waals surface area contributed by atoms with E-state index in [1.807, 2.05) is 59.7 Å². The van der Waals surface area contributed by atoms with Crippen LogP contribution in [0.25, 0.3) is 0 Å². The van der Waals surface area contributed by atoms with Crippen molar-refractivity contribution in [2.45, 2.75) is 52.7 Å². The molecule has 3 atom stereocenters. The highest BCUT2D eigenvalue weighted by molar-refractivity contribution is 9.10. The minimum atomic E-state index is -0.502. The molecule has 1 saturated heterocycles. The highest BCUT2D eigenvalue weighted by atomic mass is 79.9. The van der Waals surface area contributed by atoms with Crippen LogP contribution < -0.4 is 10.1 Å². The summed E-state index contributed by atoms with van der Waals surface area (Å²) < 4.78 is 12.4. The van der Waals surface area contributed by atoms with Gasteiger partial charge in [0.05, 0.1) is 5.54 Å². The summed E-state index contributed by atoms with van der Waals surface area (Å²) in [5, 5.41) is 3.12. The molecule has 6 nitrogen and oxygen atoms in total. The predicted molar refractivity (Wildman–Crippen MR) is 115 cm³/mol. The molecule has 0 aromatic heterocycles. The Balaban J connectivity index is 1.47. The van der Waals surface area contributed by atoms with Gasteiger partial charge in [-0.3, -0.25) is 4.79 Å². The molecule has 29 heavy (non-hydrogen) atoms. The number of nitrogens with one attached hydrogen (secondary N) is 1. The Kier molecular flexibility index (Phi) is 5.91. The quantitative estimate of drug-likeness (QED) is 0.707. The molecule has 1 aromatic rings. The topological polar surface area (TPSA) is 67.9 Å². The fourth-order valence-corrected chi connectivity index (χ4v) is 4.35. The fraction of sp³-hybridized carbons (Fsp3) is 0.636. The maximum absolute atomic E-state index is 12.8. The molecular formula is C22H31BrN2O4. The van der Waals surface area contributed by atoms with Gasteiger partial charge in [-0.25, -0.2) is 4.79 Å². The highest BCUT2D eigenvalue weighted by Gasteiger charge is 2.61. The molecule has 0 bridgehead atoms. The Morgan fingerprint density at radius 3 is 2.34 bits per heavy atom. The van der Waals surface area contributed by atoms with Crippen LogP contribution in [0.1, 0.15) is 40.2 Å². The maximum Gasteiger partial charge on any atom is 0.410 e. The number of hydrogen-bond donors (Lipinski definition) is 1. The molecule has 1 saturated carbocycles. The number of amides is 2. The maximum atomic E-state index is 12.8. The van der Waals surface area contributed by atoms with Crippen molar-refractivity contribution in [2.75, 3.05) is 19.7 Å². The number of aryl methyl sites for hydroxylation is 1. The third-order valence-corrected chi connectivity index (χ3v) is 5.83. The number of fused-ring (bicyclic) bond motifs is 1. The zero-order valence-electron chi connectivity index (χ0n) is 18.0. The second-order valence-corrected chi connectivity index (χ2v) is 10.7. The standard InChI is InChI=1S/C22H31BrN2O4/c1-13-9-14(23)7-8-17(13)28-12-22(5,6)24-19(26)18-15-10-25(11-16(15)18)20(27)29-21(2,3)4/h7-9,15-16,18H,10-12H2,1-6H3,(H,24,26)/t15-,16+,18+. The van der Waals surface area contributed by atoms with Gasteiger partial charge in [0.25, 0.3) is 0 Å². The van der Waals surface area contributed by atoms with Crippen molar-refractivity contribution in [1.29, 1.82) is 0 Å². The molecule has 1 aliphatic carbocycles. The number of piperidine rings is 1. The lowest BCUT2D eigenvalue weighted by Crippen LogP contribution is -2.49. The number of nitrogens with zero attached hydrogens (tertiary/aromatic N) is 1. The highest BCUT2D eigenvalue weighted by Crippen LogP contribution is 2.52. The van der Waals surface area contributed by atoms with Crippen molar-refractivity contribution in [1.82, 2.24) is 10.2 Å². The first-order valence-corrected chi connectivity index (χ1v) is 10.8. The number of likely N-dealkylation sites (tertiary alicyclic amines) is 1. The molecule has 1 aromatic carbocycles. The van der Waals surface area contributed by atoms with Crippen molar-refractivity contribution in [3.05, 3.63) is 28.2 Å². The first kappa shape index (κ1) is 21.9. The van der Waals surface area contributed by atoms with E-state index in [0.29, 0.717) is 19.7 Å². The van der Waals surface area contributed by atoms with E-state index in [9.17, 15) is 9.59 Å². The molecule has 7 heteroatoms. The number of rotatable bonds is 5. The molecule has 1 aliphatic heterocycles. The Hall–Kier alpha value is -1.76. The zero-order valence-corrected chi connectivity index (χ0v) is 19.6. The molecule has 2 amide bonds. The molecule has 2 aliphatic rings. The van der Waals surface area contributed by atoms with Crippen LogP contribution in [0, 0.1) is 24.7 Å². The van der Waals surface area contributed by atoms with Crippen molar-refractivity contribution in [2.24, 2.45) is 17.8 Å². The summed E-state index contributed by atoms with van der Waals surface area (Å²) in [6.07, 6.45) is -0.289. The van der Waals surface area contributed by atoms with E-state index in [1.54, 1.807) is 4.90 Å². The first-order valence-electron chi connectivity index (χ1n) is 10.1. The summed E-state index contributed by atoms with van der Waals surface area (Å²) in [4.78, 5) is 26.7. The number of hydrogen-bond acceptors (Lipinski definition) is 4. The third-order valence-electron chi connectivity index (χ3n) is 5.34. The predicted octanol–water partition coefficient (Wildman–Crippen LogP) is 4.14.